The van der Waals surface area contributed by atoms with Gasteiger partial charge in [0.1, 0.15) is 0 Å². The zero-order valence-corrected chi connectivity index (χ0v) is 10.5. The molecule has 2 aliphatic carbocycles. The quantitative estimate of drug-likeness (QED) is 0.891. The summed E-state index contributed by atoms with van der Waals surface area (Å²) in [7, 11) is 1.72. The lowest BCUT2D eigenvalue weighted by Crippen LogP contribution is -2.65. The highest BCUT2D eigenvalue weighted by Gasteiger charge is 2.67. The van der Waals surface area contributed by atoms with Crippen LogP contribution in [0.3, 0.4) is 0 Å². The van der Waals surface area contributed by atoms with Crippen LogP contribution in [0, 0.1) is 17.8 Å². The van der Waals surface area contributed by atoms with Crippen molar-refractivity contribution in [3.8, 4) is 0 Å². The molecule has 0 radical (unpaired) electrons. The van der Waals surface area contributed by atoms with Gasteiger partial charge < -0.3 is 9.84 Å². The fraction of sp³-hybridized carbons (Fsp3) is 0.533. The molecule has 0 amide bonds. The third-order valence-corrected chi connectivity index (χ3v) is 4.85. The summed E-state index contributed by atoms with van der Waals surface area (Å²) in [5.74, 6) is -0.630. The molecule has 2 aliphatic rings. The Bertz CT molecular complexity index is 442. The molecule has 2 unspecified atom stereocenters. The number of ether oxygens (including phenoxy) is 1. The van der Waals surface area contributed by atoms with E-state index in [0.717, 1.165) is 24.8 Å². The van der Waals surface area contributed by atoms with Crippen molar-refractivity contribution in [2.24, 2.45) is 17.8 Å². The molecule has 0 aromatic heterocycles. The van der Waals surface area contributed by atoms with Crippen molar-refractivity contribution < 1.29 is 14.6 Å². The molecular formula is C15H18O3. The van der Waals surface area contributed by atoms with Gasteiger partial charge in [0.25, 0.3) is 0 Å². The molecule has 3 nitrogen and oxygen atoms in total. The highest BCUT2D eigenvalue weighted by Crippen LogP contribution is 2.64. The summed E-state index contributed by atoms with van der Waals surface area (Å²) in [6.07, 6.45) is 3.03. The maximum absolute atomic E-state index is 11.4. The van der Waals surface area contributed by atoms with Gasteiger partial charge in [-0.3, -0.25) is 4.79 Å². The van der Waals surface area contributed by atoms with Gasteiger partial charge in [-0.1, -0.05) is 36.8 Å². The number of carboxylic acids is 1. The van der Waals surface area contributed by atoms with E-state index in [-0.39, 0.29) is 23.4 Å². The fourth-order valence-corrected chi connectivity index (χ4v) is 4.21. The summed E-state index contributed by atoms with van der Waals surface area (Å²) in [6.45, 7) is 0. The number of methoxy groups -OCH3 is 1. The van der Waals surface area contributed by atoms with Crippen molar-refractivity contribution in [1.82, 2.24) is 0 Å². The molecule has 0 saturated heterocycles. The topological polar surface area (TPSA) is 46.5 Å². The first kappa shape index (κ1) is 11.7. The maximum Gasteiger partial charge on any atom is 0.307 e. The Morgan fingerprint density at radius 2 is 1.89 bits per heavy atom. The van der Waals surface area contributed by atoms with E-state index in [0.29, 0.717) is 0 Å². The molecule has 2 fully saturated rings. The lowest BCUT2D eigenvalue weighted by atomic mass is 9.45. The third-order valence-electron chi connectivity index (χ3n) is 4.85. The Morgan fingerprint density at radius 3 is 2.39 bits per heavy atom. The minimum absolute atomic E-state index is 0.126. The van der Waals surface area contributed by atoms with Gasteiger partial charge in [0, 0.05) is 18.9 Å². The molecule has 2 bridgehead atoms. The largest absolute Gasteiger partial charge is 0.481 e. The van der Waals surface area contributed by atoms with Gasteiger partial charge in [0.15, 0.2) is 0 Å². The molecule has 0 heterocycles. The second-order valence-electron chi connectivity index (χ2n) is 5.37. The van der Waals surface area contributed by atoms with Gasteiger partial charge >= 0.3 is 5.97 Å². The molecule has 4 atom stereocenters. The van der Waals surface area contributed by atoms with Crippen LogP contribution < -0.4 is 0 Å². The van der Waals surface area contributed by atoms with Crippen LogP contribution >= 0.6 is 0 Å². The van der Waals surface area contributed by atoms with Gasteiger partial charge in [-0.25, -0.2) is 0 Å². The second-order valence-corrected chi connectivity index (χ2v) is 5.37. The van der Waals surface area contributed by atoms with Crippen LogP contribution in [-0.4, -0.2) is 18.2 Å². The van der Waals surface area contributed by atoms with E-state index < -0.39 is 5.97 Å². The third kappa shape index (κ3) is 1.31. The van der Waals surface area contributed by atoms with Crippen molar-refractivity contribution >= 4 is 5.97 Å². The average molecular weight is 246 g/mol. The molecule has 2 saturated carbocycles. The standard InChI is InChI=1S/C15H18O3/c1-18-15(10-6-3-2-4-7-10)11-8-5-9-12(15)13(11)14(16)17/h2-4,6-7,11-13H,5,8-9H2,1H3,(H,16,17)/t11-,12+,13?,15?. The molecule has 1 N–H and O–H groups in total. The van der Waals surface area contributed by atoms with E-state index >= 15 is 0 Å². The van der Waals surface area contributed by atoms with Crippen LogP contribution in [0.2, 0.25) is 0 Å². The normalized spacial score (nSPS) is 37.9. The Morgan fingerprint density at radius 1 is 1.28 bits per heavy atom. The molecule has 96 valence electrons. The van der Waals surface area contributed by atoms with Crippen molar-refractivity contribution in [1.29, 1.82) is 0 Å². The molecule has 18 heavy (non-hydrogen) atoms. The van der Waals surface area contributed by atoms with E-state index in [9.17, 15) is 9.90 Å². The summed E-state index contributed by atoms with van der Waals surface area (Å²) >= 11 is 0. The van der Waals surface area contributed by atoms with Crippen molar-refractivity contribution in [3.05, 3.63) is 35.9 Å². The summed E-state index contributed by atoms with van der Waals surface area (Å²) < 4.78 is 5.84. The van der Waals surface area contributed by atoms with E-state index in [1.807, 2.05) is 18.2 Å². The minimum atomic E-state index is -0.659. The molecule has 3 rings (SSSR count). The Balaban J connectivity index is 2.02. The summed E-state index contributed by atoms with van der Waals surface area (Å²) in [5.41, 5.74) is 0.780. The average Bonchev–Trinajstić information content (AvgIpc) is 2.41. The fourth-order valence-electron chi connectivity index (χ4n) is 4.21. The highest BCUT2D eigenvalue weighted by molar-refractivity contribution is 5.73. The zero-order chi connectivity index (χ0) is 12.8. The number of fused-ring (bicyclic) bond motifs is 2. The van der Waals surface area contributed by atoms with E-state index in [1.54, 1.807) is 7.11 Å². The van der Waals surface area contributed by atoms with Crippen molar-refractivity contribution in [3.63, 3.8) is 0 Å². The first-order valence-corrected chi connectivity index (χ1v) is 6.55. The monoisotopic (exact) mass is 246 g/mol. The van der Waals surface area contributed by atoms with Gasteiger partial charge in [-0.05, 0) is 18.4 Å². The van der Waals surface area contributed by atoms with E-state index in [1.165, 1.54) is 0 Å². The van der Waals surface area contributed by atoms with E-state index in [2.05, 4.69) is 12.1 Å². The number of benzene rings is 1. The molecule has 3 heteroatoms. The maximum atomic E-state index is 11.4. The molecule has 0 spiro atoms. The molecule has 1 aromatic rings. The van der Waals surface area contributed by atoms with Crippen LogP contribution in [0.15, 0.2) is 30.3 Å². The van der Waals surface area contributed by atoms with Crippen LogP contribution in [0.5, 0.6) is 0 Å². The highest BCUT2D eigenvalue weighted by atomic mass is 16.5. The van der Waals surface area contributed by atoms with E-state index in [4.69, 9.17) is 4.74 Å². The van der Waals surface area contributed by atoms with Crippen molar-refractivity contribution in [2.45, 2.75) is 24.9 Å². The number of rotatable bonds is 3. The second kappa shape index (κ2) is 4.09. The Hall–Kier alpha value is -1.35. The summed E-state index contributed by atoms with van der Waals surface area (Å²) in [5, 5.41) is 9.36. The summed E-state index contributed by atoms with van der Waals surface area (Å²) in [4.78, 5) is 11.4. The number of aliphatic carboxylic acids is 1. The number of hydrogen-bond acceptors (Lipinski definition) is 2. The van der Waals surface area contributed by atoms with Gasteiger partial charge in [0.2, 0.25) is 0 Å². The molecular weight excluding hydrogens is 228 g/mol. The molecule has 1 aromatic carbocycles. The van der Waals surface area contributed by atoms with Crippen LogP contribution in [-0.2, 0) is 15.1 Å². The van der Waals surface area contributed by atoms with Crippen LogP contribution in [0.25, 0.3) is 0 Å². The van der Waals surface area contributed by atoms with Crippen LogP contribution in [0.4, 0.5) is 0 Å². The SMILES string of the molecule is COC1(c2ccccc2)[C@@H]2CCC[C@H]1C2C(=O)O. The first-order chi connectivity index (χ1) is 8.71. The van der Waals surface area contributed by atoms with Crippen LogP contribution in [0.1, 0.15) is 24.8 Å². The van der Waals surface area contributed by atoms with Crippen molar-refractivity contribution in [2.75, 3.05) is 7.11 Å². The molecule has 0 aliphatic heterocycles. The van der Waals surface area contributed by atoms with Gasteiger partial charge in [-0.2, -0.15) is 0 Å². The van der Waals surface area contributed by atoms with Gasteiger partial charge in [-0.15, -0.1) is 0 Å². The van der Waals surface area contributed by atoms with Gasteiger partial charge in [0.05, 0.1) is 11.5 Å². The lowest BCUT2D eigenvalue weighted by molar-refractivity contribution is -0.250. The summed E-state index contributed by atoms with van der Waals surface area (Å²) in [6, 6.07) is 10.1. The number of hydrogen-bond donors (Lipinski definition) is 1. The number of carbonyl (C=O) groups is 1. The smallest absolute Gasteiger partial charge is 0.307 e. The zero-order valence-electron chi connectivity index (χ0n) is 10.5. The predicted molar refractivity (Wildman–Crippen MR) is 67.1 cm³/mol. The minimum Gasteiger partial charge on any atom is -0.481 e. The first-order valence-electron chi connectivity index (χ1n) is 6.55. The number of carboxylic acid groups (broad SMARTS) is 1. The Labute approximate surface area is 107 Å². The predicted octanol–water partition coefficient (Wildman–Crippen LogP) is 2.66. The lowest BCUT2D eigenvalue weighted by Gasteiger charge is -2.62. The Kier molecular flexibility index (Phi) is 2.67.